The summed E-state index contributed by atoms with van der Waals surface area (Å²) in [5.74, 6) is -3.01. The summed E-state index contributed by atoms with van der Waals surface area (Å²) in [4.78, 5) is 43.9. The second-order valence-electron chi connectivity index (χ2n) is 5.73. The van der Waals surface area contributed by atoms with E-state index in [4.69, 9.17) is 44.0 Å². The van der Waals surface area contributed by atoms with Crippen LogP contribution in [0.3, 0.4) is 0 Å². The first-order valence-corrected chi connectivity index (χ1v) is 9.93. The molecule has 0 aliphatic carbocycles. The molecule has 0 radical (unpaired) electrons. The molecule has 0 saturated heterocycles. The van der Waals surface area contributed by atoms with E-state index >= 15 is 0 Å². The molecule has 15 N–H and O–H groups in total. The lowest BCUT2D eigenvalue weighted by atomic mass is 10.2. The SMILES string of the molecule is CSCC[C@H](N)C(=O)O.NC(=O)C[C@H](N)C(=O)O.NC(N)=NCCC[C@H](N)C(=O)O. The molecule has 0 heterocycles. The first kappa shape index (κ1) is 32.1. The Bertz CT molecular complexity index is 559. The van der Waals surface area contributed by atoms with Gasteiger partial charge in [-0.25, -0.2) is 0 Å². The molecule has 0 fully saturated rings. The van der Waals surface area contributed by atoms with Gasteiger partial charge in [-0.15, -0.1) is 0 Å². The molecule has 1 amide bonds. The summed E-state index contributed by atoms with van der Waals surface area (Å²) < 4.78 is 0. The third-order valence-corrected chi connectivity index (χ3v) is 3.62. The van der Waals surface area contributed by atoms with E-state index in [1.165, 1.54) is 0 Å². The summed E-state index contributed by atoms with van der Waals surface area (Å²) in [5.41, 5.74) is 30.1. The molecule has 0 bridgehead atoms. The summed E-state index contributed by atoms with van der Waals surface area (Å²) in [5, 5.41) is 24.8. The lowest BCUT2D eigenvalue weighted by Crippen LogP contribution is -2.34. The van der Waals surface area contributed by atoms with Gasteiger partial charge in [-0.3, -0.25) is 24.2 Å². The Kier molecular flexibility index (Phi) is 21.0. The molecule has 15 heteroatoms. The molecule has 0 aromatic carbocycles. The predicted octanol–water partition coefficient (Wildman–Crippen LogP) is -3.12. The minimum absolute atomic E-state index is 0.0129. The fourth-order valence-electron chi connectivity index (χ4n) is 1.32. The largest absolute Gasteiger partial charge is 0.480 e. The van der Waals surface area contributed by atoms with Gasteiger partial charge < -0.3 is 49.7 Å². The fourth-order valence-corrected chi connectivity index (χ4v) is 1.80. The maximum atomic E-state index is 10.2. The molecule has 0 spiro atoms. The number of rotatable bonds is 12. The molecule has 0 unspecified atom stereocenters. The average molecular weight is 456 g/mol. The van der Waals surface area contributed by atoms with Gasteiger partial charge in [0.25, 0.3) is 0 Å². The maximum Gasteiger partial charge on any atom is 0.321 e. The van der Waals surface area contributed by atoms with Crippen LogP contribution < -0.4 is 34.4 Å². The summed E-state index contributed by atoms with van der Waals surface area (Å²) in [7, 11) is 0. The minimum Gasteiger partial charge on any atom is -0.480 e. The van der Waals surface area contributed by atoms with Gasteiger partial charge in [0.1, 0.15) is 18.1 Å². The van der Waals surface area contributed by atoms with Crippen molar-refractivity contribution in [3.63, 3.8) is 0 Å². The molecule has 0 aliphatic heterocycles. The van der Waals surface area contributed by atoms with Crippen molar-refractivity contribution < 1.29 is 34.5 Å². The third kappa shape index (κ3) is 25.4. The van der Waals surface area contributed by atoms with Crippen LogP contribution >= 0.6 is 11.8 Å². The van der Waals surface area contributed by atoms with Crippen LogP contribution in [0.1, 0.15) is 25.7 Å². The number of carbonyl (C=O) groups excluding carboxylic acids is 1. The van der Waals surface area contributed by atoms with E-state index in [9.17, 15) is 19.2 Å². The monoisotopic (exact) mass is 455 g/mol. The van der Waals surface area contributed by atoms with Crippen molar-refractivity contribution in [1.82, 2.24) is 0 Å². The molecule has 176 valence electrons. The molecule has 0 aromatic heterocycles. The van der Waals surface area contributed by atoms with Gasteiger partial charge >= 0.3 is 17.9 Å². The van der Waals surface area contributed by atoms with E-state index in [-0.39, 0.29) is 12.4 Å². The Balaban J connectivity index is -0.000000371. The van der Waals surface area contributed by atoms with Crippen molar-refractivity contribution in [3.05, 3.63) is 0 Å². The zero-order valence-electron chi connectivity index (χ0n) is 16.8. The number of nitrogens with two attached hydrogens (primary N) is 6. The first-order chi connectivity index (χ1) is 13.8. The van der Waals surface area contributed by atoms with E-state index < -0.39 is 41.9 Å². The number of hydrogen-bond donors (Lipinski definition) is 9. The summed E-state index contributed by atoms with van der Waals surface area (Å²) >= 11 is 1.60. The topological polar surface area (TPSA) is 297 Å². The van der Waals surface area contributed by atoms with Gasteiger partial charge in [0.05, 0.1) is 6.42 Å². The van der Waals surface area contributed by atoms with Crippen molar-refractivity contribution in [2.45, 2.75) is 43.8 Å². The molecule has 14 nitrogen and oxygen atoms in total. The van der Waals surface area contributed by atoms with Crippen LogP contribution in [0.2, 0.25) is 0 Å². The standard InChI is InChI=1S/C6H14N4O2.C5H11NO2S.C4H8N2O3/c7-4(5(11)12)2-1-3-10-6(8)9;1-9-3-2-4(6)5(7)8;5-2(4(8)9)1-3(6)7/h4H,1-3,7H2,(H,11,12)(H4,8,9,10);4H,2-3,6H2,1H3,(H,7,8);2H,1,5H2,(H2,6,7)(H,8,9)/t2*4-;2-/m000/s1. The van der Waals surface area contributed by atoms with Crippen LogP contribution in [0.25, 0.3) is 0 Å². The summed E-state index contributed by atoms with van der Waals surface area (Å²) in [6.07, 6.45) is 3.12. The Morgan fingerprint density at radius 2 is 1.27 bits per heavy atom. The van der Waals surface area contributed by atoms with E-state index in [2.05, 4.69) is 10.7 Å². The van der Waals surface area contributed by atoms with Gasteiger partial charge in [0.2, 0.25) is 5.91 Å². The van der Waals surface area contributed by atoms with Crippen LogP contribution in [-0.2, 0) is 19.2 Å². The van der Waals surface area contributed by atoms with Crippen molar-refractivity contribution in [2.75, 3.05) is 18.6 Å². The highest BCUT2D eigenvalue weighted by molar-refractivity contribution is 7.98. The van der Waals surface area contributed by atoms with E-state index in [1.807, 2.05) is 6.26 Å². The van der Waals surface area contributed by atoms with Gasteiger partial charge in [-0.2, -0.15) is 11.8 Å². The average Bonchev–Trinajstić information content (AvgIpc) is 2.63. The molecule has 3 atom stereocenters. The quantitative estimate of drug-likeness (QED) is 0.0799. The Labute approximate surface area is 178 Å². The van der Waals surface area contributed by atoms with Crippen LogP contribution in [0.5, 0.6) is 0 Å². The lowest BCUT2D eigenvalue weighted by Gasteiger charge is -2.03. The van der Waals surface area contributed by atoms with E-state index in [0.29, 0.717) is 25.8 Å². The number of guanidine groups is 1. The number of aliphatic imine (C=N–C) groups is 1. The van der Waals surface area contributed by atoms with Crippen molar-refractivity contribution >= 4 is 41.5 Å². The molecule has 0 saturated carbocycles. The normalized spacial score (nSPS) is 12.5. The predicted molar refractivity (Wildman–Crippen MR) is 114 cm³/mol. The number of thioether (sulfide) groups is 1. The molecular weight excluding hydrogens is 422 g/mol. The highest BCUT2D eigenvalue weighted by Gasteiger charge is 2.13. The number of nitrogens with zero attached hydrogens (tertiary/aromatic N) is 1. The number of amides is 1. The minimum atomic E-state index is -1.21. The van der Waals surface area contributed by atoms with Crippen molar-refractivity contribution in [2.24, 2.45) is 39.4 Å². The zero-order chi connectivity index (χ0) is 24.3. The number of carboxylic acid groups (broad SMARTS) is 3. The number of primary amides is 1. The van der Waals surface area contributed by atoms with Crippen LogP contribution in [0, 0.1) is 0 Å². The van der Waals surface area contributed by atoms with Gasteiger partial charge in [0.15, 0.2) is 5.96 Å². The van der Waals surface area contributed by atoms with Gasteiger partial charge in [-0.1, -0.05) is 0 Å². The Morgan fingerprint density at radius 1 is 0.833 bits per heavy atom. The number of aliphatic carboxylic acids is 3. The highest BCUT2D eigenvalue weighted by Crippen LogP contribution is 1.97. The van der Waals surface area contributed by atoms with Gasteiger partial charge in [0, 0.05) is 6.54 Å². The van der Waals surface area contributed by atoms with E-state index in [0.717, 1.165) is 5.75 Å². The Morgan fingerprint density at radius 3 is 1.57 bits per heavy atom. The van der Waals surface area contributed by atoms with Crippen LogP contribution in [0.15, 0.2) is 4.99 Å². The molecular formula is C15H33N7O7S. The van der Waals surface area contributed by atoms with Crippen molar-refractivity contribution in [1.29, 1.82) is 0 Å². The molecule has 0 aliphatic rings. The smallest absolute Gasteiger partial charge is 0.321 e. The maximum absolute atomic E-state index is 10.2. The Hall–Kier alpha value is -2.62. The molecule has 30 heavy (non-hydrogen) atoms. The second kappa shape index (κ2) is 19.7. The first-order valence-electron chi connectivity index (χ1n) is 8.53. The summed E-state index contributed by atoms with van der Waals surface area (Å²) in [6, 6.07) is -2.67. The number of hydrogen-bond acceptors (Lipinski definition) is 9. The second-order valence-corrected chi connectivity index (χ2v) is 6.72. The molecule has 0 aromatic rings. The fraction of sp³-hybridized carbons (Fsp3) is 0.667. The highest BCUT2D eigenvalue weighted by atomic mass is 32.2. The number of carbonyl (C=O) groups is 4. The number of carboxylic acids is 3. The summed E-state index contributed by atoms with van der Waals surface area (Å²) in [6.45, 7) is 0.420. The van der Waals surface area contributed by atoms with Gasteiger partial charge in [-0.05, 0) is 31.3 Å². The lowest BCUT2D eigenvalue weighted by molar-refractivity contribution is -0.140. The zero-order valence-corrected chi connectivity index (χ0v) is 17.6. The van der Waals surface area contributed by atoms with Crippen LogP contribution in [-0.4, -0.2) is 81.8 Å². The molecule has 0 rings (SSSR count). The van der Waals surface area contributed by atoms with Crippen molar-refractivity contribution in [3.8, 4) is 0 Å². The van der Waals surface area contributed by atoms with E-state index in [1.54, 1.807) is 11.8 Å². The third-order valence-electron chi connectivity index (χ3n) is 2.97. The van der Waals surface area contributed by atoms with Crippen LogP contribution in [0.4, 0.5) is 0 Å².